The second-order valence-electron chi connectivity index (χ2n) is 7.09. The number of hydrogen-bond acceptors (Lipinski definition) is 0. The monoisotopic (exact) mass is 437 g/mol. The molecule has 2 aromatic carbocycles. The number of halogens is 2. The summed E-state index contributed by atoms with van der Waals surface area (Å²) in [4.78, 5) is 0. The van der Waals surface area contributed by atoms with Crippen LogP contribution < -0.4 is 24.8 Å². The second-order valence-corrected chi connectivity index (χ2v) is 9.55. The summed E-state index contributed by atoms with van der Waals surface area (Å²) in [5, 5.41) is 2.78. The van der Waals surface area contributed by atoms with E-state index in [1.54, 1.807) is 24.2 Å². The van der Waals surface area contributed by atoms with Gasteiger partial charge in [0, 0.05) is 0 Å². The fourth-order valence-electron chi connectivity index (χ4n) is 2.93. The van der Waals surface area contributed by atoms with Crippen LogP contribution in [0.3, 0.4) is 0 Å². The summed E-state index contributed by atoms with van der Waals surface area (Å²) in [5.41, 5.74) is 4.57. The van der Waals surface area contributed by atoms with Crippen molar-refractivity contribution < 1.29 is 49.0 Å². The fourth-order valence-corrected chi connectivity index (χ4v) is 2.93. The van der Waals surface area contributed by atoms with Crippen molar-refractivity contribution in [3.63, 3.8) is 0 Å². The van der Waals surface area contributed by atoms with Crippen LogP contribution in [-0.2, 0) is 29.7 Å². The molecule has 1 aliphatic rings. The van der Waals surface area contributed by atoms with Crippen LogP contribution in [0.5, 0.6) is 0 Å². The normalized spacial score (nSPS) is 12.7. The first-order valence-corrected chi connectivity index (χ1v) is 9.10. The van der Waals surface area contributed by atoms with E-state index in [1.165, 1.54) is 30.7 Å². The maximum atomic E-state index is 2.36. The molecule has 0 amide bonds. The molecule has 0 saturated carbocycles. The van der Waals surface area contributed by atoms with E-state index in [1.807, 2.05) is 0 Å². The first-order chi connectivity index (χ1) is 10.3. The Morgan fingerprint density at radius 3 is 2.17 bits per heavy atom. The zero-order valence-corrected chi connectivity index (χ0v) is 19.1. The van der Waals surface area contributed by atoms with Gasteiger partial charge in [-0.3, -0.25) is 0 Å². The number of hydrogen-bond donors (Lipinski definition) is 0. The van der Waals surface area contributed by atoms with E-state index < -0.39 is 0 Å². The van der Waals surface area contributed by atoms with E-state index in [2.05, 4.69) is 83.2 Å². The van der Waals surface area contributed by atoms with Crippen molar-refractivity contribution in [2.75, 3.05) is 0 Å². The third kappa shape index (κ3) is 5.87. The molecule has 3 rings (SSSR count). The van der Waals surface area contributed by atoms with Gasteiger partial charge in [-0.2, -0.15) is 0 Å². The Hall–Kier alpha value is -0.357. The van der Waals surface area contributed by atoms with Crippen molar-refractivity contribution in [2.24, 2.45) is 0 Å². The Balaban J connectivity index is 0.000000801. The van der Waals surface area contributed by atoms with Gasteiger partial charge in [-0.1, -0.05) is 57.2 Å². The van der Waals surface area contributed by atoms with Crippen LogP contribution in [0.1, 0.15) is 52.2 Å². The first-order valence-electron chi connectivity index (χ1n) is 7.87. The molecule has 0 unspecified atom stereocenters. The Kier molecular flexibility index (Phi) is 9.81. The number of benzene rings is 1. The number of allylic oxidation sites excluding steroid dienone is 4. The van der Waals surface area contributed by atoms with Gasteiger partial charge in [-0.25, -0.2) is 0 Å². The van der Waals surface area contributed by atoms with E-state index in [-0.39, 0.29) is 30.2 Å². The van der Waals surface area contributed by atoms with Crippen molar-refractivity contribution in [1.29, 1.82) is 0 Å². The molecule has 1 aliphatic carbocycles. The molecule has 0 saturated heterocycles. The molecule has 128 valence electrons. The van der Waals surface area contributed by atoms with Crippen molar-refractivity contribution in [1.82, 2.24) is 0 Å². The average molecular weight is 440 g/mol. The molecule has 0 fully saturated rings. The molecule has 0 nitrogen and oxygen atoms in total. The van der Waals surface area contributed by atoms with Gasteiger partial charge in [0.1, 0.15) is 0 Å². The molecular weight excluding hydrogens is 414 g/mol. The fraction of sp³-hybridized carbons (Fsp3) is 0.333. The van der Waals surface area contributed by atoms with Gasteiger partial charge in [0.15, 0.2) is 0 Å². The quantitative estimate of drug-likeness (QED) is 0.547. The first kappa shape index (κ1) is 23.6. The standard InChI is InChI=1S/C18H19.C3H6.2ClH.Zr/c1-18(2,3)17-15-11-7-6-10-14(15)12-16(17)13-8-4-5-9-13;1-3-2;;;/h4-8,10-12H,9H2,1-3H3;1-2H3;2*1H;/q-1;;;;+2/p-2. The van der Waals surface area contributed by atoms with Crippen LogP contribution in [-0.4, -0.2) is 3.21 Å². The smallest absolute Gasteiger partial charge is 1.00 e. The molecule has 3 heteroatoms. The summed E-state index contributed by atoms with van der Waals surface area (Å²) in [7, 11) is 0. The molecule has 0 aromatic heterocycles. The zero-order valence-electron chi connectivity index (χ0n) is 15.1. The molecule has 2 aromatic rings. The van der Waals surface area contributed by atoms with Gasteiger partial charge < -0.3 is 24.8 Å². The van der Waals surface area contributed by atoms with E-state index in [9.17, 15) is 0 Å². The Labute approximate surface area is 173 Å². The maximum absolute atomic E-state index is 2.36. The van der Waals surface area contributed by atoms with Gasteiger partial charge in [0.2, 0.25) is 0 Å². The maximum Gasteiger partial charge on any atom is -1.00 e. The van der Waals surface area contributed by atoms with Crippen LogP contribution in [0.2, 0.25) is 0 Å². The van der Waals surface area contributed by atoms with E-state index in [4.69, 9.17) is 0 Å². The Bertz CT molecular complexity index is 739. The predicted molar refractivity (Wildman–Crippen MR) is 96.3 cm³/mol. The summed E-state index contributed by atoms with van der Waals surface area (Å²) >= 11 is 1.55. The number of rotatable bonds is 1. The summed E-state index contributed by atoms with van der Waals surface area (Å²) in [6.45, 7) is 11.2. The minimum absolute atomic E-state index is 0. The van der Waals surface area contributed by atoms with E-state index in [0.29, 0.717) is 0 Å². The zero-order chi connectivity index (χ0) is 16.3. The largest absolute Gasteiger partial charge is 1.00 e. The van der Waals surface area contributed by atoms with Gasteiger partial charge in [-0.05, 0) is 11.8 Å². The van der Waals surface area contributed by atoms with E-state index >= 15 is 0 Å². The van der Waals surface area contributed by atoms with Crippen molar-refractivity contribution >= 4 is 19.6 Å². The van der Waals surface area contributed by atoms with Crippen molar-refractivity contribution in [2.45, 2.75) is 46.5 Å². The van der Waals surface area contributed by atoms with E-state index in [0.717, 1.165) is 6.42 Å². The predicted octanol–water partition coefficient (Wildman–Crippen LogP) is -0.0471. The molecule has 0 atom stereocenters. The van der Waals surface area contributed by atoms with Gasteiger partial charge in [0.05, 0.1) is 0 Å². The molecule has 0 heterocycles. The third-order valence-electron chi connectivity index (χ3n) is 3.67. The molecule has 0 aliphatic heterocycles. The van der Waals surface area contributed by atoms with Gasteiger partial charge >= 0.3 is 41.3 Å². The average Bonchev–Trinajstić information content (AvgIpc) is 3.04. The summed E-state index contributed by atoms with van der Waals surface area (Å²) in [5.74, 6) is 0. The number of fused-ring (bicyclic) bond motifs is 1. The summed E-state index contributed by atoms with van der Waals surface area (Å²) in [6.07, 6.45) is 7.72. The molecule has 0 spiro atoms. The van der Waals surface area contributed by atoms with Crippen LogP contribution in [0.15, 0.2) is 48.6 Å². The second kappa shape index (κ2) is 9.95. The molecule has 0 bridgehead atoms. The molecule has 0 N–H and O–H groups in total. The molecule has 0 radical (unpaired) electrons. The minimum Gasteiger partial charge on any atom is -1.00 e. The molecular formula is C21H25Cl2Zr-. The topological polar surface area (TPSA) is 0 Å². The minimum atomic E-state index is 0. The third-order valence-corrected chi connectivity index (χ3v) is 3.67. The van der Waals surface area contributed by atoms with Gasteiger partial charge in [0.25, 0.3) is 0 Å². The van der Waals surface area contributed by atoms with Crippen LogP contribution in [0.4, 0.5) is 0 Å². The van der Waals surface area contributed by atoms with Crippen molar-refractivity contribution in [3.05, 3.63) is 59.7 Å². The van der Waals surface area contributed by atoms with Gasteiger partial charge in [-0.15, -0.1) is 39.6 Å². The van der Waals surface area contributed by atoms with Crippen LogP contribution in [0, 0.1) is 0 Å². The Morgan fingerprint density at radius 1 is 1.08 bits per heavy atom. The van der Waals surface area contributed by atoms with Crippen molar-refractivity contribution in [3.8, 4) is 0 Å². The summed E-state index contributed by atoms with van der Waals surface area (Å²) in [6, 6.07) is 11.1. The Morgan fingerprint density at radius 2 is 1.67 bits per heavy atom. The SMILES string of the molecule is CC(C)(C)c1c(C2=CC=CC2)[cH-]c2ccccc12.C[C](C)=[Zr+2].[Cl-].[Cl-]. The molecule has 24 heavy (non-hydrogen) atoms. The van der Waals surface area contributed by atoms with Crippen LogP contribution in [0.25, 0.3) is 16.3 Å². The summed E-state index contributed by atoms with van der Waals surface area (Å²) < 4.78 is 1.51. The van der Waals surface area contributed by atoms with Crippen LogP contribution >= 0.6 is 0 Å².